The normalized spacial score (nSPS) is 15.7. The first kappa shape index (κ1) is 17.0. The second kappa shape index (κ2) is 8.82. The van der Waals surface area contributed by atoms with E-state index >= 15 is 0 Å². The number of ether oxygens (including phenoxy) is 1. The van der Waals surface area contributed by atoms with Crippen molar-refractivity contribution in [1.82, 2.24) is 20.5 Å². The van der Waals surface area contributed by atoms with Crippen molar-refractivity contribution in [3.05, 3.63) is 36.0 Å². The molecule has 0 atom stereocenters. The Kier molecular flexibility index (Phi) is 6.23. The predicted octanol–water partition coefficient (Wildman–Crippen LogP) is 0.748. The van der Waals surface area contributed by atoms with Crippen molar-refractivity contribution < 1.29 is 9.53 Å². The summed E-state index contributed by atoms with van der Waals surface area (Å²) in [4.78, 5) is 17.5. The fourth-order valence-corrected chi connectivity index (χ4v) is 3.00. The van der Waals surface area contributed by atoms with Gasteiger partial charge in [-0.1, -0.05) is 18.2 Å². The van der Waals surface area contributed by atoms with Crippen LogP contribution in [0.5, 0.6) is 0 Å². The van der Waals surface area contributed by atoms with Crippen molar-refractivity contribution in [1.29, 1.82) is 0 Å². The zero-order chi connectivity index (χ0) is 16.6. The molecule has 3 rings (SSSR count). The third kappa shape index (κ3) is 4.80. The number of H-pyrrole nitrogens is 1. The van der Waals surface area contributed by atoms with Crippen molar-refractivity contribution in [3.8, 4) is 0 Å². The number of nitrogens with one attached hydrogen (secondary N) is 3. The van der Waals surface area contributed by atoms with E-state index in [0.29, 0.717) is 13.1 Å². The minimum absolute atomic E-state index is 0.0526. The molecule has 0 bridgehead atoms. The van der Waals surface area contributed by atoms with E-state index in [1.165, 1.54) is 10.9 Å². The van der Waals surface area contributed by atoms with Crippen LogP contribution in [0.4, 0.5) is 0 Å². The Morgan fingerprint density at radius 3 is 2.92 bits per heavy atom. The summed E-state index contributed by atoms with van der Waals surface area (Å²) in [5, 5.41) is 7.41. The molecular formula is C18H26N4O2. The number of carbonyl (C=O) groups excluding carboxylic acids is 1. The van der Waals surface area contributed by atoms with Crippen LogP contribution in [0.3, 0.4) is 0 Å². The van der Waals surface area contributed by atoms with Crippen LogP contribution >= 0.6 is 0 Å². The monoisotopic (exact) mass is 330 g/mol. The molecule has 1 aromatic carbocycles. The standard InChI is InChI=1S/C18H26N4O2/c23-18(14-19-7-8-22-9-11-24-12-10-22)20-6-5-15-13-21-17-4-2-1-3-16(15)17/h1-4,13,19,21H,5-12,14H2,(H,20,23). The Bertz CT molecular complexity index is 649. The van der Waals surface area contributed by atoms with Gasteiger partial charge in [0.25, 0.3) is 0 Å². The van der Waals surface area contributed by atoms with Gasteiger partial charge in [-0.3, -0.25) is 9.69 Å². The van der Waals surface area contributed by atoms with E-state index in [4.69, 9.17) is 4.74 Å². The average molecular weight is 330 g/mol. The van der Waals surface area contributed by atoms with Crippen molar-refractivity contribution in [3.63, 3.8) is 0 Å². The lowest BCUT2D eigenvalue weighted by atomic mass is 10.1. The molecular weight excluding hydrogens is 304 g/mol. The number of para-hydroxylation sites is 1. The topological polar surface area (TPSA) is 69.4 Å². The SMILES string of the molecule is O=C(CNCCN1CCOCC1)NCCc1c[nH]c2ccccc12. The summed E-state index contributed by atoms with van der Waals surface area (Å²) in [5.74, 6) is 0.0526. The highest BCUT2D eigenvalue weighted by molar-refractivity contribution is 5.83. The zero-order valence-electron chi connectivity index (χ0n) is 14.0. The molecule has 6 nitrogen and oxygen atoms in total. The summed E-state index contributed by atoms with van der Waals surface area (Å²) in [6, 6.07) is 8.23. The van der Waals surface area contributed by atoms with Gasteiger partial charge in [0.1, 0.15) is 0 Å². The Morgan fingerprint density at radius 1 is 1.21 bits per heavy atom. The van der Waals surface area contributed by atoms with Gasteiger partial charge in [0.15, 0.2) is 0 Å². The minimum atomic E-state index is 0.0526. The van der Waals surface area contributed by atoms with E-state index in [0.717, 1.165) is 51.3 Å². The molecule has 0 aliphatic carbocycles. The van der Waals surface area contributed by atoms with Crippen molar-refractivity contribution in [2.24, 2.45) is 0 Å². The maximum Gasteiger partial charge on any atom is 0.233 e. The number of benzene rings is 1. The molecule has 0 saturated carbocycles. The molecule has 1 saturated heterocycles. The number of nitrogens with zero attached hydrogens (tertiary/aromatic N) is 1. The fourth-order valence-electron chi connectivity index (χ4n) is 3.00. The first-order valence-electron chi connectivity index (χ1n) is 8.65. The second-order valence-electron chi connectivity index (χ2n) is 6.09. The summed E-state index contributed by atoms with van der Waals surface area (Å²) in [6.45, 7) is 6.42. The van der Waals surface area contributed by atoms with Crippen molar-refractivity contribution >= 4 is 16.8 Å². The van der Waals surface area contributed by atoms with Crippen molar-refractivity contribution in [2.45, 2.75) is 6.42 Å². The molecule has 24 heavy (non-hydrogen) atoms. The summed E-state index contributed by atoms with van der Waals surface area (Å²) in [6.07, 6.45) is 2.86. The first-order valence-corrected chi connectivity index (χ1v) is 8.65. The maximum absolute atomic E-state index is 11.9. The Hall–Kier alpha value is -1.89. The Labute approximate surface area is 142 Å². The molecule has 2 aromatic rings. The van der Waals surface area contributed by atoms with Gasteiger partial charge in [0, 0.05) is 49.8 Å². The molecule has 0 spiro atoms. The third-order valence-corrected chi connectivity index (χ3v) is 4.39. The number of hydrogen-bond donors (Lipinski definition) is 3. The molecule has 1 aliphatic heterocycles. The fraction of sp³-hybridized carbons (Fsp3) is 0.500. The highest BCUT2D eigenvalue weighted by Gasteiger charge is 2.09. The van der Waals surface area contributed by atoms with Gasteiger partial charge < -0.3 is 20.4 Å². The van der Waals surface area contributed by atoms with Gasteiger partial charge in [-0.05, 0) is 18.1 Å². The van der Waals surface area contributed by atoms with E-state index in [2.05, 4.69) is 32.7 Å². The van der Waals surface area contributed by atoms with Gasteiger partial charge in [-0.25, -0.2) is 0 Å². The van der Waals surface area contributed by atoms with Crippen LogP contribution in [0.15, 0.2) is 30.5 Å². The number of carbonyl (C=O) groups is 1. The molecule has 2 heterocycles. The van der Waals surface area contributed by atoms with Crippen LogP contribution in [0.2, 0.25) is 0 Å². The van der Waals surface area contributed by atoms with Gasteiger partial charge in [-0.15, -0.1) is 0 Å². The quantitative estimate of drug-likeness (QED) is 0.625. The minimum Gasteiger partial charge on any atom is -0.379 e. The second-order valence-corrected chi connectivity index (χ2v) is 6.09. The summed E-state index contributed by atoms with van der Waals surface area (Å²) in [7, 11) is 0. The summed E-state index contributed by atoms with van der Waals surface area (Å²) >= 11 is 0. The molecule has 3 N–H and O–H groups in total. The van der Waals surface area contributed by atoms with Crippen LogP contribution in [-0.2, 0) is 16.0 Å². The lowest BCUT2D eigenvalue weighted by Crippen LogP contribution is -2.42. The number of rotatable bonds is 8. The number of hydrogen-bond acceptors (Lipinski definition) is 4. The Balaban J connectivity index is 1.30. The van der Waals surface area contributed by atoms with E-state index < -0.39 is 0 Å². The predicted molar refractivity (Wildman–Crippen MR) is 95.1 cm³/mol. The smallest absolute Gasteiger partial charge is 0.233 e. The molecule has 1 fully saturated rings. The number of aromatic nitrogens is 1. The number of fused-ring (bicyclic) bond motifs is 1. The highest BCUT2D eigenvalue weighted by atomic mass is 16.5. The molecule has 130 valence electrons. The van der Waals surface area contributed by atoms with E-state index in [1.54, 1.807) is 0 Å². The molecule has 1 aromatic heterocycles. The van der Waals surface area contributed by atoms with Gasteiger partial charge >= 0.3 is 0 Å². The summed E-state index contributed by atoms with van der Waals surface area (Å²) < 4.78 is 5.32. The molecule has 1 aliphatic rings. The van der Waals surface area contributed by atoms with Gasteiger partial charge in [-0.2, -0.15) is 0 Å². The van der Waals surface area contributed by atoms with Crippen LogP contribution in [0, 0.1) is 0 Å². The first-order chi connectivity index (χ1) is 11.8. The van der Waals surface area contributed by atoms with Crippen LogP contribution < -0.4 is 10.6 Å². The van der Waals surface area contributed by atoms with Gasteiger partial charge in [0.2, 0.25) is 5.91 Å². The lowest BCUT2D eigenvalue weighted by molar-refractivity contribution is -0.120. The van der Waals surface area contributed by atoms with E-state index in [1.807, 2.05) is 18.3 Å². The lowest BCUT2D eigenvalue weighted by Gasteiger charge is -2.26. The largest absolute Gasteiger partial charge is 0.379 e. The number of morpholine rings is 1. The average Bonchev–Trinajstić information content (AvgIpc) is 3.03. The molecule has 0 unspecified atom stereocenters. The van der Waals surface area contributed by atoms with Gasteiger partial charge in [0.05, 0.1) is 19.8 Å². The number of aromatic amines is 1. The summed E-state index contributed by atoms with van der Waals surface area (Å²) in [5.41, 5.74) is 2.38. The van der Waals surface area contributed by atoms with Crippen LogP contribution in [0.25, 0.3) is 10.9 Å². The highest BCUT2D eigenvalue weighted by Crippen LogP contribution is 2.17. The van der Waals surface area contributed by atoms with Crippen LogP contribution in [-0.4, -0.2) is 68.3 Å². The molecule has 6 heteroatoms. The van der Waals surface area contributed by atoms with E-state index in [9.17, 15) is 4.79 Å². The van der Waals surface area contributed by atoms with E-state index in [-0.39, 0.29) is 5.91 Å². The zero-order valence-corrected chi connectivity index (χ0v) is 14.0. The third-order valence-electron chi connectivity index (χ3n) is 4.39. The number of amides is 1. The van der Waals surface area contributed by atoms with Crippen LogP contribution in [0.1, 0.15) is 5.56 Å². The van der Waals surface area contributed by atoms with Crippen molar-refractivity contribution in [2.75, 3.05) is 52.5 Å². The maximum atomic E-state index is 11.9. The molecule has 0 radical (unpaired) electrons. The Morgan fingerprint density at radius 2 is 2.04 bits per heavy atom. The molecule has 1 amide bonds.